The highest BCUT2D eigenvalue weighted by Crippen LogP contribution is 2.33. The predicted molar refractivity (Wildman–Crippen MR) is 72.6 cm³/mol. The van der Waals surface area contributed by atoms with Gasteiger partial charge < -0.3 is 5.32 Å². The van der Waals surface area contributed by atoms with Crippen molar-refractivity contribution in [1.82, 2.24) is 5.32 Å². The molecule has 1 fully saturated rings. The third-order valence-electron chi connectivity index (χ3n) is 3.93. The number of hydrogen-bond acceptors (Lipinski definition) is 1. The van der Waals surface area contributed by atoms with E-state index in [1.165, 1.54) is 37.7 Å². The highest BCUT2D eigenvalue weighted by molar-refractivity contribution is 5.03. The summed E-state index contributed by atoms with van der Waals surface area (Å²) in [5.41, 5.74) is 1.45. The second kappa shape index (κ2) is 7.11. The predicted octanol–water partition coefficient (Wildman–Crippen LogP) is 4.15. The van der Waals surface area contributed by atoms with Gasteiger partial charge in [0.05, 0.1) is 0 Å². The molecule has 1 rings (SSSR count). The molecule has 1 aliphatic carbocycles. The summed E-state index contributed by atoms with van der Waals surface area (Å²) in [6.07, 6.45) is 9.53. The molecule has 0 heterocycles. The van der Waals surface area contributed by atoms with Crippen LogP contribution in [0.15, 0.2) is 11.6 Å². The minimum atomic E-state index is 0.618. The molecule has 0 bridgehead atoms. The molecule has 16 heavy (non-hydrogen) atoms. The standard InChI is InChI=1S/C15H29N/c1-5-13-7-9-14(10-8-13)15(16-6-2)11-12(3)4/h11,13-16H,5-10H2,1-4H3. The second-order valence-corrected chi connectivity index (χ2v) is 5.52. The van der Waals surface area contributed by atoms with Crippen LogP contribution in [-0.2, 0) is 0 Å². The van der Waals surface area contributed by atoms with E-state index in [9.17, 15) is 0 Å². The Kier molecular flexibility index (Phi) is 6.12. The Balaban J connectivity index is 2.50. The first kappa shape index (κ1) is 13.8. The largest absolute Gasteiger partial charge is 0.311 e. The molecule has 94 valence electrons. The number of hydrogen-bond donors (Lipinski definition) is 1. The molecule has 0 aromatic carbocycles. The van der Waals surface area contributed by atoms with Crippen LogP contribution in [0.5, 0.6) is 0 Å². The normalized spacial score (nSPS) is 27.5. The van der Waals surface area contributed by atoms with E-state index in [0.717, 1.165) is 18.4 Å². The van der Waals surface area contributed by atoms with E-state index in [4.69, 9.17) is 0 Å². The topological polar surface area (TPSA) is 12.0 Å². The van der Waals surface area contributed by atoms with Crippen LogP contribution >= 0.6 is 0 Å². The van der Waals surface area contributed by atoms with Crippen LogP contribution in [0.25, 0.3) is 0 Å². The Hall–Kier alpha value is -0.300. The molecule has 0 spiro atoms. The zero-order chi connectivity index (χ0) is 12.0. The Morgan fingerprint density at radius 3 is 2.25 bits per heavy atom. The van der Waals surface area contributed by atoms with Crippen molar-refractivity contribution in [2.75, 3.05) is 6.54 Å². The summed E-state index contributed by atoms with van der Waals surface area (Å²) in [6.45, 7) is 10.1. The quantitative estimate of drug-likeness (QED) is 0.691. The Morgan fingerprint density at radius 2 is 1.81 bits per heavy atom. The van der Waals surface area contributed by atoms with Crippen LogP contribution in [0.1, 0.15) is 59.8 Å². The lowest BCUT2D eigenvalue weighted by Crippen LogP contribution is -2.36. The molecule has 1 heteroatoms. The van der Waals surface area contributed by atoms with Gasteiger partial charge in [-0.1, -0.05) is 44.8 Å². The van der Waals surface area contributed by atoms with E-state index < -0.39 is 0 Å². The smallest absolute Gasteiger partial charge is 0.0280 e. The third kappa shape index (κ3) is 4.29. The fraction of sp³-hybridized carbons (Fsp3) is 0.867. The van der Waals surface area contributed by atoms with Crippen LogP contribution in [0, 0.1) is 11.8 Å². The lowest BCUT2D eigenvalue weighted by atomic mass is 9.77. The summed E-state index contributed by atoms with van der Waals surface area (Å²) in [6, 6.07) is 0.618. The van der Waals surface area contributed by atoms with Gasteiger partial charge in [0, 0.05) is 6.04 Å². The fourth-order valence-corrected chi connectivity index (χ4v) is 2.91. The van der Waals surface area contributed by atoms with E-state index in [1.54, 1.807) is 0 Å². The second-order valence-electron chi connectivity index (χ2n) is 5.52. The van der Waals surface area contributed by atoms with Crippen LogP contribution < -0.4 is 5.32 Å². The van der Waals surface area contributed by atoms with Crippen LogP contribution in [-0.4, -0.2) is 12.6 Å². The maximum absolute atomic E-state index is 3.64. The Morgan fingerprint density at radius 1 is 1.19 bits per heavy atom. The molecule has 0 amide bonds. The van der Waals surface area contributed by atoms with Gasteiger partial charge in [0.2, 0.25) is 0 Å². The van der Waals surface area contributed by atoms with Crippen molar-refractivity contribution in [2.24, 2.45) is 11.8 Å². The van der Waals surface area contributed by atoms with E-state index in [2.05, 4.69) is 39.1 Å². The van der Waals surface area contributed by atoms with Crippen LogP contribution in [0.3, 0.4) is 0 Å². The van der Waals surface area contributed by atoms with Crippen molar-refractivity contribution in [2.45, 2.75) is 65.8 Å². The summed E-state index contributed by atoms with van der Waals surface area (Å²) in [4.78, 5) is 0. The number of allylic oxidation sites excluding steroid dienone is 1. The summed E-state index contributed by atoms with van der Waals surface area (Å²) in [5.74, 6) is 1.88. The monoisotopic (exact) mass is 223 g/mol. The molecule has 0 radical (unpaired) electrons. The van der Waals surface area contributed by atoms with E-state index in [1.807, 2.05) is 0 Å². The zero-order valence-electron chi connectivity index (χ0n) is 11.6. The first-order valence-corrected chi connectivity index (χ1v) is 7.05. The molecule has 1 saturated carbocycles. The molecule has 1 nitrogen and oxygen atoms in total. The van der Waals surface area contributed by atoms with Crippen molar-refractivity contribution in [3.63, 3.8) is 0 Å². The maximum atomic E-state index is 3.64. The Labute approximate surface area is 102 Å². The molecule has 1 N–H and O–H groups in total. The van der Waals surface area contributed by atoms with Gasteiger partial charge in [0.15, 0.2) is 0 Å². The van der Waals surface area contributed by atoms with Crippen molar-refractivity contribution >= 4 is 0 Å². The molecular weight excluding hydrogens is 194 g/mol. The van der Waals surface area contributed by atoms with Crippen molar-refractivity contribution < 1.29 is 0 Å². The number of rotatable bonds is 5. The van der Waals surface area contributed by atoms with Gasteiger partial charge in [-0.05, 0) is 45.1 Å². The van der Waals surface area contributed by atoms with Gasteiger partial charge >= 0.3 is 0 Å². The van der Waals surface area contributed by atoms with Crippen molar-refractivity contribution in [3.8, 4) is 0 Å². The fourth-order valence-electron chi connectivity index (χ4n) is 2.91. The van der Waals surface area contributed by atoms with Gasteiger partial charge in [-0.3, -0.25) is 0 Å². The maximum Gasteiger partial charge on any atom is 0.0280 e. The Bertz CT molecular complexity index is 207. The lowest BCUT2D eigenvalue weighted by molar-refractivity contribution is 0.238. The van der Waals surface area contributed by atoms with Crippen molar-refractivity contribution in [1.29, 1.82) is 0 Å². The van der Waals surface area contributed by atoms with E-state index >= 15 is 0 Å². The highest BCUT2D eigenvalue weighted by Gasteiger charge is 2.24. The molecule has 0 aliphatic heterocycles. The molecule has 0 aromatic rings. The van der Waals surface area contributed by atoms with Crippen molar-refractivity contribution in [3.05, 3.63) is 11.6 Å². The summed E-state index contributed by atoms with van der Waals surface area (Å²) in [5, 5.41) is 3.64. The summed E-state index contributed by atoms with van der Waals surface area (Å²) >= 11 is 0. The molecule has 0 saturated heterocycles. The minimum absolute atomic E-state index is 0.618. The average Bonchev–Trinajstić information content (AvgIpc) is 2.28. The highest BCUT2D eigenvalue weighted by atomic mass is 14.9. The van der Waals surface area contributed by atoms with Crippen LogP contribution in [0.2, 0.25) is 0 Å². The SMILES string of the molecule is CCNC(C=C(C)C)C1CCC(CC)CC1. The summed E-state index contributed by atoms with van der Waals surface area (Å²) < 4.78 is 0. The molecule has 1 aliphatic rings. The van der Waals surface area contributed by atoms with Gasteiger partial charge in [-0.2, -0.15) is 0 Å². The average molecular weight is 223 g/mol. The molecule has 1 unspecified atom stereocenters. The molecule has 0 aromatic heterocycles. The van der Waals surface area contributed by atoms with Gasteiger partial charge in [0.1, 0.15) is 0 Å². The van der Waals surface area contributed by atoms with E-state index in [-0.39, 0.29) is 0 Å². The molecular formula is C15H29N. The minimum Gasteiger partial charge on any atom is -0.311 e. The lowest BCUT2D eigenvalue weighted by Gasteiger charge is -2.33. The zero-order valence-corrected chi connectivity index (χ0v) is 11.6. The van der Waals surface area contributed by atoms with Gasteiger partial charge in [-0.25, -0.2) is 0 Å². The van der Waals surface area contributed by atoms with Gasteiger partial charge in [0.25, 0.3) is 0 Å². The first-order chi connectivity index (χ1) is 7.67. The molecule has 1 atom stereocenters. The van der Waals surface area contributed by atoms with Crippen LogP contribution in [0.4, 0.5) is 0 Å². The number of likely N-dealkylation sites (N-methyl/N-ethyl adjacent to an activating group) is 1. The third-order valence-corrected chi connectivity index (χ3v) is 3.93. The number of nitrogens with one attached hydrogen (secondary N) is 1. The first-order valence-electron chi connectivity index (χ1n) is 7.05. The van der Waals surface area contributed by atoms with Gasteiger partial charge in [-0.15, -0.1) is 0 Å². The van der Waals surface area contributed by atoms with E-state index in [0.29, 0.717) is 6.04 Å². The summed E-state index contributed by atoms with van der Waals surface area (Å²) in [7, 11) is 0.